The molecular formula is C17H21NO4. The first kappa shape index (κ1) is 17.7. The van der Waals surface area contributed by atoms with Gasteiger partial charge in [0, 0.05) is 0 Å². The molecule has 1 aromatic rings. The molecule has 0 aromatic heterocycles. The SMILES string of the molecule is CCOC(=O)c1cccc(C(C#N)(C(=O)OCC)C(C)C)c1. The lowest BCUT2D eigenvalue weighted by atomic mass is 9.72. The van der Waals surface area contributed by atoms with Gasteiger partial charge in [-0.15, -0.1) is 0 Å². The van der Waals surface area contributed by atoms with E-state index in [2.05, 4.69) is 6.07 Å². The molecule has 0 fully saturated rings. The minimum Gasteiger partial charge on any atom is -0.465 e. The van der Waals surface area contributed by atoms with Gasteiger partial charge in [-0.25, -0.2) is 9.59 Å². The average Bonchev–Trinajstić information content (AvgIpc) is 2.49. The van der Waals surface area contributed by atoms with Crippen LogP contribution in [0, 0.1) is 17.2 Å². The molecule has 0 heterocycles. The van der Waals surface area contributed by atoms with E-state index in [-0.39, 0.29) is 19.1 Å². The van der Waals surface area contributed by atoms with Crippen molar-refractivity contribution in [2.45, 2.75) is 33.1 Å². The predicted octanol–water partition coefficient (Wildman–Crippen LogP) is 2.84. The van der Waals surface area contributed by atoms with Crippen LogP contribution in [0.5, 0.6) is 0 Å². The highest BCUT2D eigenvalue weighted by Gasteiger charge is 2.45. The molecule has 5 heteroatoms. The molecule has 1 unspecified atom stereocenters. The second-order valence-corrected chi connectivity index (χ2v) is 5.10. The van der Waals surface area contributed by atoms with Gasteiger partial charge in [0.05, 0.1) is 24.8 Å². The van der Waals surface area contributed by atoms with E-state index in [0.29, 0.717) is 11.1 Å². The monoisotopic (exact) mass is 303 g/mol. The third-order valence-electron chi connectivity index (χ3n) is 3.47. The molecule has 0 bridgehead atoms. The second kappa shape index (κ2) is 7.60. The molecule has 0 aliphatic rings. The highest BCUT2D eigenvalue weighted by atomic mass is 16.5. The molecule has 1 atom stereocenters. The van der Waals surface area contributed by atoms with Crippen LogP contribution < -0.4 is 0 Å². The highest BCUT2D eigenvalue weighted by Crippen LogP contribution is 2.34. The summed E-state index contributed by atoms with van der Waals surface area (Å²) in [6.45, 7) is 7.40. The quantitative estimate of drug-likeness (QED) is 0.755. The summed E-state index contributed by atoms with van der Waals surface area (Å²) in [5.74, 6) is -1.40. The van der Waals surface area contributed by atoms with E-state index in [1.165, 1.54) is 6.07 Å². The normalized spacial score (nSPS) is 13.1. The zero-order valence-corrected chi connectivity index (χ0v) is 13.4. The summed E-state index contributed by atoms with van der Waals surface area (Å²) in [5, 5.41) is 9.66. The average molecular weight is 303 g/mol. The van der Waals surface area contributed by atoms with Gasteiger partial charge in [0.15, 0.2) is 5.41 Å². The lowest BCUT2D eigenvalue weighted by molar-refractivity contribution is -0.149. The Hall–Kier alpha value is -2.35. The Morgan fingerprint density at radius 1 is 1.23 bits per heavy atom. The number of rotatable bonds is 6. The van der Waals surface area contributed by atoms with Crippen molar-refractivity contribution in [3.8, 4) is 6.07 Å². The molecule has 1 rings (SSSR count). The molecule has 22 heavy (non-hydrogen) atoms. The van der Waals surface area contributed by atoms with Gasteiger partial charge in [-0.1, -0.05) is 26.0 Å². The van der Waals surface area contributed by atoms with Crippen LogP contribution in [-0.2, 0) is 19.7 Å². The molecule has 0 saturated carbocycles. The smallest absolute Gasteiger partial charge is 0.338 e. The molecule has 0 aliphatic heterocycles. The second-order valence-electron chi connectivity index (χ2n) is 5.10. The van der Waals surface area contributed by atoms with Crippen LogP contribution in [0.15, 0.2) is 24.3 Å². The van der Waals surface area contributed by atoms with E-state index < -0.39 is 17.4 Å². The molecule has 0 aliphatic carbocycles. The fourth-order valence-electron chi connectivity index (χ4n) is 2.28. The van der Waals surface area contributed by atoms with Crippen molar-refractivity contribution >= 4 is 11.9 Å². The molecule has 5 nitrogen and oxygen atoms in total. The Morgan fingerprint density at radius 2 is 1.86 bits per heavy atom. The first-order valence-electron chi connectivity index (χ1n) is 7.30. The number of hydrogen-bond donors (Lipinski definition) is 0. The Labute approximate surface area is 130 Å². The summed E-state index contributed by atoms with van der Waals surface area (Å²) in [4.78, 5) is 24.2. The number of benzene rings is 1. The van der Waals surface area contributed by atoms with Gasteiger partial charge in [0.1, 0.15) is 0 Å². The van der Waals surface area contributed by atoms with Crippen molar-refractivity contribution in [2.24, 2.45) is 5.92 Å². The molecule has 0 saturated heterocycles. The van der Waals surface area contributed by atoms with Crippen LogP contribution >= 0.6 is 0 Å². The molecule has 0 radical (unpaired) electrons. The standard InChI is InChI=1S/C17H21NO4/c1-5-21-15(19)13-8-7-9-14(10-13)17(11-18,12(3)4)16(20)22-6-2/h7-10,12H,5-6H2,1-4H3. The van der Waals surface area contributed by atoms with Crippen LogP contribution in [0.25, 0.3) is 0 Å². The number of hydrogen-bond acceptors (Lipinski definition) is 5. The largest absolute Gasteiger partial charge is 0.465 e. The summed E-state index contributed by atoms with van der Waals surface area (Å²) < 4.78 is 10.0. The summed E-state index contributed by atoms with van der Waals surface area (Å²) >= 11 is 0. The molecule has 1 aromatic carbocycles. The fraction of sp³-hybridized carbons (Fsp3) is 0.471. The highest BCUT2D eigenvalue weighted by molar-refractivity contribution is 5.92. The van der Waals surface area contributed by atoms with Gasteiger partial charge in [-0.05, 0) is 37.5 Å². The maximum atomic E-state index is 12.4. The van der Waals surface area contributed by atoms with Gasteiger partial charge in [-0.2, -0.15) is 5.26 Å². The van der Waals surface area contributed by atoms with Crippen LogP contribution in [0.4, 0.5) is 0 Å². The first-order valence-corrected chi connectivity index (χ1v) is 7.30. The number of ether oxygens (including phenoxy) is 2. The van der Waals surface area contributed by atoms with Crippen LogP contribution in [0.1, 0.15) is 43.6 Å². The molecule has 0 spiro atoms. The van der Waals surface area contributed by atoms with Crippen molar-refractivity contribution in [3.63, 3.8) is 0 Å². The molecule has 0 N–H and O–H groups in total. The zero-order chi connectivity index (χ0) is 16.8. The summed E-state index contributed by atoms with van der Waals surface area (Å²) in [6, 6.07) is 8.50. The number of carbonyl (C=O) groups excluding carboxylic acids is 2. The van der Waals surface area contributed by atoms with E-state index in [9.17, 15) is 14.9 Å². The summed E-state index contributed by atoms with van der Waals surface area (Å²) in [5.41, 5.74) is -0.698. The van der Waals surface area contributed by atoms with Crippen molar-refractivity contribution in [1.82, 2.24) is 0 Å². The third kappa shape index (κ3) is 3.28. The maximum absolute atomic E-state index is 12.4. The lowest BCUT2D eigenvalue weighted by Gasteiger charge is -2.28. The third-order valence-corrected chi connectivity index (χ3v) is 3.47. The number of carbonyl (C=O) groups is 2. The summed E-state index contributed by atoms with van der Waals surface area (Å²) in [6.07, 6.45) is 0. The minimum absolute atomic E-state index is 0.187. The number of esters is 2. The van der Waals surface area contributed by atoms with Gasteiger partial charge in [0.25, 0.3) is 0 Å². The maximum Gasteiger partial charge on any atom is 0.338 e. The van der Waals surface area contributed by atoms with E-state index >= 15 is 0 Å². The molecular weight excluding hydrogens is 282 g/mol. The van der Waals surface area contributed by atoms with E-state index in [0.717, 1.165) is 0 Å². The van der Waals surface area contributed by atoms with Crippen molar-refractivity contribution in [3.05, 3.63) is 35.4 Å². The number of nitrogens with zero attached hydrogens (tertiary/aromatic N) is 1. The van der Waals surface area contributed by atoms with Crippen molar-refractivity contribution < 1.29 is 19.1 Å². The van der Waals surface area contributed by atoms with Crippen LogP contribution in [0.3, 0.4) is 0 Å². The zero-order valence-electron chi connectivity index (χ0n) is 13.4. The Bertz CT molecular complexity index is 589. The van der Waals surface area contributed by atoms with Gasteiger partial charge in [-0.3, -0.25) is 0 Å². The Morgan fingerprint density at radius 3 is 2.36 bits per heavy atom. The topological polar surface area (TPSA) is 76.4 Å². The van der Waals surface area contributed by atoms with Gasteiger partial charge < -0.3 is 9.47 Å². The molecule has 118 valence electrons. The van der Waals surface area contributed by atoms with E-state index in [1.807, 2.05) is 0 Å². The molecule has 0 amide bonds. The fourth-order valence-corrected chi connectivity index (χ4v) is 2.28. The predicted molar refractivity (Wildman–Crippen MR) is 81.2 cm³/mol. The van der Waals surface area contributed by atoms with Crippen LogP contribution in [-0.4, -0.2) is 25.2 Å². The number of nitriles is 1. The van der Waals surface area contributed by atoms with Crippen molar-refractivity contribution in [2.75, 3.05) is 13.2 Å². The van der Waals surface area contributed by atoms with Crippen LogP contribution in [0.2, 0.25) is 0 Å². The Balaban J connectivity index is 3.39. The Kier molecular flexibility index (Phi) is 6.11. The lowest BCUT2D eigenvalue weighted by Crippen LogP contribution is -2.41. The van der Waals surface area contributed by atoms with E-state index in [4.69, 9.17) is 9.47 Å². The minimum atomic E-state index is -1.45. The summed E-state index contributed by atoms with van der Waals surface area (Å²) in [7, 11) is 0. The van der Waals surface area contributed by atoms with E-state index in [1.54, 1.807) is 45.9 Å². The van der Waals surface area contributed by atoms with Gasteiger partial charge >= 0.3 is 11.9 Å². The first-order chi connectivity index (χ1) is 10.4. The van der Waals surface area contributed by atoms with Gasteiger partial charge in [0.2, 0.25) is 0 Å². The van der Waals surface area contributed by atoms with Crippen molar-refractivity contribution in [1.29, 1.82) is 5.26 Å².